The van der Waals surface area contributed by atoms with Crippen molar-refractivity contribution >= 4 is 53.7 Å². The van der Waals surface area contributed by atoms with Gasteiger partial charge < -0.3 is 9.55 Å². The molecule has 2 heterocycles. The van der Waals surface area contributed by atoms with Crippen molar-refractivity contribution in [3.05, 3.63) is 74.5 Å². The molecular weight excluding hydrogens is 404 g/mol. The van der Waals surface area contributed by atoms with Gasteiger partial charge in [-0.3, -0.25) is 14.1 Å². The zero-order valence-electron chi connectivity index (χ0n) is 16.1. The highest BCUT2D eigenvalue weighted by Gasteiger charge is 2.18. The number of hydrogen-bond donors (Lipinski definition) is 2. The first-order valence-corrected chi connectivity index (χ1v) is 10.6. The first kappa shape index (κ1) is 18.5. The number of nitrogens with one attached hydrogen (secondary N) is 1. The summed E-state index contributed by atoms with van der Waals surface area (Å²) in [6.07, 6.45) is 0. The number of rotatable bonds is 1. The highest BCUT2D eigenvalue weighted by atomic mass is 32.2. The molecule has 0 amide bonds. The first-order chi connectivity index (χ1) is 14.2. The van der Waals surface area contributed by atoms with E-state index in [1.165, 1.54) is 18.2 Å². The Hall–Kier alpha value is -3.49. The average Bonchev–Trinajstić information content (AvgIpc) is 2.70. The fourth-order valence-electron chi connectivity index (χ4n) is 4.24. The summed E-state index contributed by atoms with van der Waals surface area (Å²) in [7, 11) is -2.70. The maximum absolute atomic E-state index is 13.2. The molecule has 0 aliphatic heterocycles. The summed E-state index contributed by atoms with van der Waals surface area (Å²) in [5.74, 6) is 0. The van der Waals surface area contributed by atoms with E-state index >= 15 is 0 Å². The van der Waals surface area contributed by atoms with Crippen molar-refractivity contribution in [2.75, 3.05) is 0 Å². The summed E-state index contributed by atoms with van der Waals surface area (Å²) < 4.78 is 35.0. The Bertz CT molecular complexity index is 1780. The molecule has 0 saturated carbocycles. The maximum Gasteiger partial charge on any atom is 0.296 e. The largest absolute Gasteiger partial charge is 0.353 e. The highest BCUT2D eigenvalue weighted by molar-refractivity contribution is 7.86. The smallest absolute Gasteiger partial charge is 0.296 e. The molecule has 0 radical (unpaired) electrons. The topological polar surface area (TPSA) is 109 Å². The molecule has 2 N–H and O–H groups in total. The van der Waals surface area contributed by atoms with Crippen LogP contribution in [0.5, 0.6) is 0 Å². The summed E-state index contributed by atoms with van der Waals surface area (Å²) in [4.78, 5) is 28.9. The molecule has 150 valence electrons. The zero-order valence-corrected chi connectivity index (χ0v) is 16.9. The molecule has 5 aromatic rings. The number of aromatic nitrogens is 2. The van der Waals surface area contributed by atoms with Crippen molar-refractivity contribution in [3.8, 4) is 0 Å². The van der Waals surface area contributed by atoms with Gasteiger partial charge in [0.25, 0.3) is 10.1 Å². The molecular formula is C22H16N2O5S. The maximum atomic E-state index is 13.2. The molecule has 0 spiro atoms. The molecule has 0 saturated heterocycles. The van der Waals surface area contributed by atoms with Crippen molar-refractivity contribution < 1.29 is 13.0 Å². The van der Waals surface area contributed by atoms with Crippen molar-refractivity contribution in [1.29, 1.82) is 0 Å². The van der Waals surface area contributed by atoms with Gasteiger partial charge >= 0.3 is 0 Å². The van der Waals surface area contributed by atoms with Gasteiger partial charge in [0.1, 0.15) is 4.90 Å². The van der Waals surface area contributed by atoms with Gasteiger partial charge in [-0.2, -0.15) is 8.42 Å². The van der Waals surface area contributed by atoms with Crippen LogP contribution in [0.15, 0.2) is 63.0 Å². The van der Waals surface area contributed by atoms with Crippen molar-refractivity contribution in [3.63, 3.8) is 0 Å². The number of para-hydroxylation sites is 2. The second kappa shape index (κ2) is 6.01. The van der Waals surface area contributed by atoms with Gasteiger partial charge in [-0.1, -0.05) is 18.2 Å². The molecule has 30 heavy (non-hydrogen) atoms. The highest BCUT2D eigenvalue weighted by Crippen LogP contribution is 2.26. The van der Waals surface area contributed by atoms with E-state index in [2.05, 4.69) is 4.98 Å². The summed E-state index contributed by atoms with van der Waals surface area (Å²) in [5, 5.41) is 1.43. The van der Waals surface area contributed by atoms with Gasteiger partial charge in [0.05, 0.1) is 22.1 Å². The number of nitrogens with zero attached hydrogens (tertiary/aromatic N) is 1. The van der Waals surface area contributed by atoms with Crippen LogP contribution in [0.3, 0.4) is 0 Å². The average molecular weight is 420 g/mol. The number of fused-ring (bicyclic) bond motifs is 4. The molecule has 0 unspecified atom stereocenters. The standard InChI is InChI=1S/C22H16N2O5S/c1-11-5-3-7-13-20(11)24(2)17-10-14-16(9-15(17)22(13)26)23-19-12(21(14)25)6-4-8-18(19)30(27,28)29/h3-10H,1-2H3,(H,23,25)(H,27,28,29). The first-order valence-electron chi connectivity index (χ1n) is 9.17. The van der Waals surface area contributed by atoms with Gasteiger partial charge in [0, 0.05) is 28.6 Å². The molecule has 7 nitrogen and oxygen atoms in total. The fraction of sp³-hybridized carbons (Fsp3) is 0.0909. The van der Waals surface area contributed by atoms with Crippen LogP contribution >= 0.6 is 0 Å². The Labute approximate surface area is 169 Å². The van der Waals surface area contributed by atoms with Crippen molar-refractivity contribution in [1.82, 2.24) is 9.55 Å². The van der Waals surface area contributed by atoms with Crippen LogP contribution in [-0.4, -0.2) is 22.5 Å². The van der Waals surface area contributed by atoms with E-state index in [-0.39, 0.29) is 26.7 Å². The minimum absolute atomic E-state index is 0.00491. The van der Waals surface area contributed by atoms with Crippen molar-refractivity contribution in [2.45, 2.75) is 11.8 Å². The van der Waals surface area contributed by atoms with Crippen LogP contribution in [0.25, 0.3) is 43.6 Å². The second-order valence-electron chi connectivity index (χ2n) is 7.38. The Balaban J connectivity index is 2.05. The van der Waals surface area contributed by atoms with Gasteiger partial charge in [-0.15, -0.1) is 0 Å². The normalized spacial score (nSPS) is 12.4. The van der Waals surface area contributed by atoms with Crippen LogP contribution in [-0.2, 0) is 17.2 Å². The lowest BCUT2D eigenvalue weighted by atomic mass is 10.0. The monoisotopic (exact) mass is 420 g/mol. The Morgan fingerprint density at radius 3 is 2.30 bits per heavy atom. The fourth-order valence-corrected chi connectivity index (χ4v) is 4.91. The number of pyridine rings is 2. The molecule has 0 atom stereocenters. The van der Waals surface area contributed by atoms with E-state index in [1.54, 1.807) is 18.2 Å². The molecule has 2 aromatic heterocycles. The molecule has 3 aromatic carbocycles. The van der Waals surface area contributed by atoms with E-state index in [1.807, 2.05) is 30.7 Å². The SMILES string of the molecule is Cc1cccc2c(=O)c3cc4[nH]c5c(S(=O)(=O)O)cccc5c(=O)c4cc3n(C)c12. The van der Waals surface area contributed by atoms with Crippen molar-refractivity contribution in [2.24, 2.45) is 7.05 Å². The van der Waals surface area contributed by atoms with E-state index in [9.17, 15) is 22.6 Å². The number of hydrogen-bond acceptors (Lipinski definition) is 4. The van der Waals surface area contributed by atoms with Gasteiger partial charge in [-0.05, 0) is 42.8 Å². The number of aromatic amines is 1. The Morgan fingerprint density at radius 1 is 0.900 bits per heavy atom. The van der Waals surface area contributed by atoms with E-state index < -0.39 is 10.1 Å². The predicted octanol–water partition coefficient (Wildman–Crippen LogP) is 3.24. The van der Waals surface area contributed by atoms with Crippen LogP contribution in [0.4, 0.5) is 0 Å². The van der Waals surface area contributed by atoms with E-state index in [0.29, 0.717) is 27.2 Å². The molecule has 0 bridgehead atoms. The second-order valence-corrected chi connectivity index (χ2v) is 8.77. The number of aryl methyl sites for hydroxylation is 2. The third-order valence-corrected chi connectivity index (χ3v) is 6.51. The molecule has 0 aliphatic carbocycles. The Kier molecular flexibility index (Phi) is 3.71. The Morgan fingerprint density at radius 2 is 1.57 bits per heavy atom. The molecule has 5 rings (SSSR count). The molecule has 0 fully saturated rings. The lowest BCUT2D eigenvalue weighted by Crippen LogP contribution is -2.12. The minimum Gasteiger partial charge on any atom is -0.353 e. The van der Waals surface area contributed by atoms with Gasteiger partial charge in [0.15, 0.2) is 10.9 Å². The van der Waals surface area contributed by atoms with E-state index in [4.69, 9.17) is 0 Å². The third-order valence-electron chi connectivity index (χ3n) is 5.61. The van der Waals surface area contributed by atoms with Crippen LogP contribution in [0.2, 0.25) is 0 Å². The molecule has 0 aliphatic rings. The summed E-state index contributed by atoms with van der Waals surface area (Å²) in [6, 6.07) is 12.8. The van der Waals surface area contributed by atoms with Gasteiger partial charge in [-0.25, -0.2) is 0 Å². The summed E-state index contributed by atoms with van der Waals surface area (Å²) >= 11 is 0. The lowest BCUT2D eigenvalue weighted by Gasteiger charge is -2.14. The zero-order chi connectivity index (χ0) is 21.4. The third kappa shape index (κ3) is 2.44. The van der Waals surface area contributed by atoms with Crippen LogP contribution < -0.4 is 10.9 Å². The van der Waals surface area contributed by atoms with Crippen LogP contribution in [0.1, 0.15) is 5.56 Å². The number of benzene rings is 3. The van der Waals surface area contributed by atoms with Crippen LogP contribution in [0, 0.1) is 6.92 Å². The number of H-pyrrole nitrogens is 1. The lowest BCUT2D eigenvalue weighted by molar-refractivity contribution is 0.484. The van der Waals surface area contributed by atoms with E-state index in [0.717, 1.165) is 11.1 Å². The summed E-state index contributed by atoms with van der Waals surface area (Å²) in [5.41, 5.74) is 2.10. The molecule has 8 heteroatoms. The minimum atomic E-state index is -4.54. The predicted molar refractivity (Wildman–Crippen MR) is 117 cm³/mol. The quantitative estimate of drug-likeness (QED) is 0.320. The summed E-state index contributed by atoms with van der Waals surface area (Å²) in [6.45, 7) is 1.92. The van der Waals surface area contributed by atoms with Gasteiger partial charge in [0.2, 0.25) is 0 Å².